The number of carbonyl (C=O) groups is 1. The molecule has 0 atom stereocenters. The van der Waals surface area contributed by atoms with Gasteiger partial charge in [-0.15, -0.1) is 0 Å². The first-order chi connectivity index (χ1) is 12.5. The molecule has 0 saturated heterocycles. The van der Waals surface area contributed by atoms with Crippen LogP contribution in [0.3, 0.4) is 0 Å². The molecule has 1 amide bonds. The van der Waals surface area contributed by atoms with E-state index in [0.717, 1.165) is 11.3 Å². The zero-order valence-corrected chi connectivity index (χ0v) is 13.7. The molecule has 0 fully saturated rings. The largest absolute Gasteiger partial charge is 0.497 e. The summed E-state index contributed by atoms with van der Waals surface area (Å²) in [4.78, 5) is 26.0. The van der Waals surface area contributed by atoms with E-state index in [1.165, 1.54) is 16.9 Å². The molecule has 0 saturated carbocycles. The van der Waals surface area contributed by atoms with Crippen LogP contribution in [0.25, 0.3) is 0 Å². The molecule has 3 rings (SSSR count). The number of methoxy groups -OCH3 is 1. The van der Waals surface area contributed by atoms with Crippen LogP contribution < -0.4 is 10.1 Å². The van der Waals surface area contributed by atoms with Gasteiger partial charge in [0.1, 0.15) is 12.3 Å². The normalized spacial score (nSPS) is 10.5. The molecule has 2 heterocycles. The first kappa shape index (κ1) is 17.1. The van der Waals surface area contributed by atoms with Crippen molar-refractivity contribution in [3.63, 3.8) is 0 Å². The third-order valence-electron chi connectivity index (χ3n) is 3.39. The van der Waals surface area contributed by atoms with E-state index in [0.29, 0.717) is 0 Å². The lowest BCUT2D eigenvalue weighted by molar-refractivity contribution is -0.389. The molecule has 134 valence electrons. The molecule has 0 bridgehead atoms. The third-order valence-corrected chi connectivity index (χ3v) is 3.39. The van der Waals surface area contributed by atoms with E-state index >= 15 is 0 Å². The Bertz CT molecular complexity index is 917. The summed E-state index contributed by atoms with van der Waals surface area (Å²) in [5.41, 5.74) is 0.878. The minimum absolute atomic E-state index is 0.0447. The average Bonchev–Trinajstić information content (AvgIpc) is 3.30. The van der Waals surface area contributed by atoms with Gasteiger partial charge in [0.05, 0.1) is 24.5 Å². The molecule has 2 aromatic heterocycles. The molecule has 0 aliphatic rings. The molecule has 3 aromatic rings. The van der Waals surface area contributed by atoms with Gasteiger partial charge in [-0.25, -0.2) is 0 Å². The summed E-state index contributed by atoms with van der Waals surface area (Å²) in [6.45, 7) is 0.328. The number of nitrogens with zero attached hydrogens (tertiary/aromatic N) is 5. The maximum absolute atomic E-state index is 12.1. The first-order valence-electron chi connectivity index (χ1n) is 7.46. The van der Waals surface area contributed by atoms with Crippen molar-refractivity contribution in [2.75, 3.05) is 7.11 Å². The van der Waals surface area contributed by atoms with Crippen LogP contribution >= 0.6 is 0 Å². The molecular formula is C15H14N6O5. The van der Waals surface area contributed by atoms with Gasteiger partial charge < -0.3 is 24.7 Å². The molecule has 0 spiro atoms. The van der Waals surface area contributed by atoms with Crippen molar-refractivity contribution < 1.29 is 19.0 Å². The van der Waals surface area contributed by atoms with Gasteiger partial charge in [-0.3, -0.25) is 4.79 Å². The van der Waals surface area contributed by atoms with Gasteiger partial charge in [-0.1, -0.05) is 17.3 Å². The molecule has 11 heteroatoms. The molecule has 11 nitrogen and oxygen atoms in total. The van der Waals surface area contributed by atoms with Gasteiger partial charge in [-0.2, -0.15) is 9.67 Å². The molecule has 0 radical (unpaired) electrons. The Morgan fingerprint density at radius 3 is 2.77 bits per heavy atom. The van der Waals surface area contributed by atoms with Crippen LogP contribution in [0.5, 0.6) is 5.75 Å². The highest BCUT2D eigenvalue weighted by atomic mass is 16.6. The predicted molar refractivity (Wildman–Crippen MR) is 86.4 cm³/mol. The fourth-order valence-electron chi connectivity index (χ4n) is 2.09. The van der Waals surface area contributed by atoms with E-state index in [1.54, 1.807) is 19.2 Å². The number of aromatic nitrogens is 4. The minimum Gasteiger partial charge on any atom is -0.497 e. The quantitative estimate of drug-likeness (QED) is 0.490. The number of hydrogen-bond acceptors (Lipinski definition) is 8. The van der Waals surface area contributed by atoms with E-state index in [1.807, 2.05) is 12.1 Å². The number of carbonyl (C=O) groups excluding carboxylic acids is 1. The maximum Gasteiger partial charge on any atom is 0.389 e. The highest BCUT2D eigenvalue weighted by molar-refractivity contribution is 5.89. The molecule has 1 aromatic carbocycles. The SMILES string of the molecule is COc1ccc(CNC(=O)c2nc(Cn3ccc([N+](=O)[O-])n3)no2)cc1. The second-order valence-electron chi connectivity index (χ2n) is 5.18. The van der Waals surface area contributed by atoms with E-state index in [-0.39, 0.29) is 30.6 Å². The van der Waals surface area contributed by atoms with Crippen LogP contribution in [-0.4, -0.2) is 37.9 Å². The second-order valence-corrected chi connectivity index (χ2v) is 5.18. The highest BCUT2D eigenvalue weighted by Gasteiger charge is 2.17. The number of nitro groups is 1. The Hall–Kier alpha value is -3.76. The summed E-state index contributed by atoms with van der Waals surface area (Å²) in [6, 6.07) is 8.47. The summed E-state index contributed by atoms with van der Waals surface area (Å²) in [6.07, 6.45) is 1.41. The van der Waals surface area contributed by atoms with Gasteiger partial charge in [0, 0.05) is 6.54 Å². The summed E-state index contributed by atoms with van der Waals surface area (Å²) in [5, 5.41) is 20.7. The van der Waals surface area contributed by atoms with Crippen molar-refractivity contribution in [1.29, 1.82) is 0 Å². The summed E-state index contributed by atoms with van der Waals surface area (Å²) in [7, 11) is 1.57. The Morgan fingerprint density at radius 2 is 2.12 bits per heavy atom. The van der Waals surface area contributed by atoms with E-state index < -0.39 is 10.8 Å². The third kappa shape index (κ3) is 4.01. The molecule has 26 heavy (non-hydrogen) atoms. The topological polar surface area (TPSA) is 138 Å². The van der Waals surface area contributed by atoms with Gasteiger partial charge in [0.25, 0.3) is 0 Å². The fourth-order valence-corrected chi connectivity index (χ4v) is 2.09. The van der Waals surface area contributed by atoms with E-state index in [2.05, 4.69) is 20.6 Å². The van der Waals surface area contributed by atoms with Gasteiger partial charge in [-0.05, 0) is 22.6 Å². The van der Waals surface area contributed by atoms with Crippen LogP contribution in [0.15, 0.2) is 41.1 Å². The van der Waals surface area contributed by atoms with Crippen LogP contribution in [0.4, 0.5) is 5.82 Å². The van der Waals surface area contributed by atoms with E-state index in [4.69, 9.17) is 9.26 Å². The molecule has 0 aliphatic heterocycles. The smallest absolute Gasteiger partial charge is 0.389 e. The Kier molecular flexibility index (Phi) is 4.87. The van der Waals surface area contributed by atoms with Crippen molar-refractivity contribution in [2.45, 2.75) is 13.1 Å². The van der Waals surface area contributed by atoms with Crippen LogP contribution in [0, 0.1) is 10.1 Å². The number of ether oxygens (including phenoxy) is 1. The lowest BCUT2D eigenvalue weighted by Gasteiger charge is -2.04. The van der Waals surface area contributed by atoms with Crippen molar-refractivity contribution in [2.24, 2.45) is 0 Å². The monoisotopic (exact) mass is 358 g/mol. The minimum atomic E-state index is -0.606. The van der Waals surface area contributed by atoms with Crippen LogP contribution in [0.2, 0.25) is 0 Å². The fraction of sp³-hybridized carbons (Fsp3) is 0.200. The first-order valence-corrected chi connectivity index (χ1v) is 7.46. The van der Waals surface area contributed by atoms with Crippen LogP contribution in [-0.2, 0) is 13.1 Å². The lowest BCUT2D eigenvalue weighted by Crippen LogP contribution is -2.23. The molecular weight excluding hydrogens is 344 g/mol. The Morgan fingerprint density at radius 1 is 1.35 bits per heavy atom. The number of benzene rings is 1. The standard InChI is InChI=1S/C15H14N6O5/c1-25-11-4-2-10(3-5-11)8-16-14(22)15-17-12(19-26-15)9-20-7-6-13(18-20)21(23)24/h2-7H,8-9H2,1H3,(H,16,22). The second kappa shape index (κ2) is 7.42. The van der Waals surface area contributed by atoms with E-state index in [9.17, 15) is 14.9 Å². The van der Waals surface area contributed by atoms with Crippen molar-refractivity contribution in [1.82, 2.24) is 25.2 Å². The number of nitrogens with one attached hydrogen (secondary N) is 1. The van der Waals surface area contributed by atoms with Crippen LogP contribution in [0.1, 0.15) is 22.1 Å². The van der Waals surface area contributed by atoms with Crippen molar-refractivity contribution in [3.05, 3.63) is 63.9 Å². The van der Waals surface area contributed by atoms with Gasteiger partial charge in [0.2, 0.25) is 0 Å². The lowest BCUT2D eigenvalue weighted by atomic mass is 10.2. The summed E-state index contributed by atoms with van der Waals surface area (Å²) < 4.78 is 11.3. The number of hydrogen-bond donors (Lipinski definition) is 1. The average molecular weight is 358 g/mol. The number of rotatable bonds is 7. The maximum atomic E-state index is 12.1. The van der Waals surface area contributed by atoms with Crippen molar-refractivity contribution in [3.8, 4) is 5.75 Å². The zero-order valence-electron chi connectivity index (χ0n) is 13.7. The zero-order chi connectivity index (χ0) is 18.5. The highest BCUT2D eigenvalue weighted by Crippen LogP contribution is 2.11. The number of amides is 1. The van der Waals surface area contributed by atoms with Gasteiger partial charge in [0.15, 0.2) is 5.82 Å². The summed E-state index contributed by atoms with van der Waals surface area (Å²) >= 11 is 0. The molecule has 0 unspecified atom stereocenters. The molecule has 1 N–H and O–H groups in total. The van der Waals surface area contributed by atoms with Crippen molar-refractivity contribution >= 4 is 11.7 Å². The Labute approximate surface area is 146 Å². The van der Waals surface area contributed by atoms with Gasteiger partial charge >= 0.3 is 17.6 Å². The summed E-state index contributed by atoms with van der Waals surface area (Å²) in [5.74, 6) is -0.106. The molecule has 0 aliphatic carbocycles. The Balaban J connectivity index is 1.57. The predicted octanol–water partition coefficient (Wildman–Crippen LogP) is 1.16.